The average Bonchev–Trinajstić information content (AvgIpc) is 2.81. The third-order valence-electron chi connectivity index (χ3n) is 9.97. The fourth-order valence-electron chi connectivity index (χ4n) is 8.09. The first kappa shape index (κ1) is 16.9. The molecule has 0 radical (unpaired) electrons. The van der Waals surface area contributed by atoms with Crippen molar-refractivity contribution >= 4 is 0 Å². The molecule has 4 aliphatic carbocycles. The van der Waals surface area contributed by atoms with E-state index in [1.54, 1.807) is 0 Å². The summed E-state index contributed by atoms with van der Waals surface area (Å²) in [5.41, 5.74) is -0.238. The number of hydrogen-bond acceptors (Lipinski definition) is 2. The Morgan fingerprint density at radius 2 is 1.46 bits per heavy atom. The van der Waals surface area contributed by atoms with E-state index in [0.29, 0.717) is 23.2 Å². The molecule has 136 valence electrons. The molecule has 0 aromatic rings. The van der Waals surface area contributed by atoms with Gasteiger partial charge in [0.2, 0.25) is 0 Å². The lowest BCUT2D eigenvalue weighted by Gasteiger charge is -2.65. The molecule has 0 saturated heterocycles. The number of aliphatic hydroxyl groups is 2. The average molecular weight is 333 g/mol. The Morgan fingerprint density at radius 1 is 0.833 bits per heavy atom. The third kappa shape index (κ3) is 1.82. The summed E-state index contributed by atoms with van der Waals surface area (Å²) in [5.74, 6) is 2.10. The van der Waals surface area contributed by atoms with Gasteiger partial charge in [-0.3, -0.25) is 0 Å². The zero-order valence-corrected chi connectivity index (χ0v) is 15.9. The molecular weight excluding hydrogens is 296 g/mol. The molecule has 24 heavy (non-hydrogen) atoms. The highest BCUT2D eigenvalue weighted by molar-refractivity contribution is 5.22. The lowest BCUT2D eigenvalue weighted by atomic mass is 9.40. The first-order chi connectivity index (χ1) is 11.2. The standard InChI is InChI=1S/C22H36O2/c1-15(23)22(24)14-9-18-16-7-12-19(2)10-5-6-11-20(19,3)17(16)8-13-21(18,22)4/h16-18,23-24H,1,5-14H2,2-4H3/t16?,17?,18?,19-,20?,21?,22-/m0/s1. The summed E-state index contributed by atoms with van der Waals surface area (Å²) in [5, 5.41) is 21.4. The van der Waals surface area contributed by atoms with Gasteiger partial charge in [0.1, 0.15) is 11.4 Å². The van der Waals surface area contributed by atoms with Crippen molar-refractivity contribution in [3.8, 4) is 0 Å². The highest BCUT2D eigenvalue weighted by Crippen LogP contribution is 2.71. The quantitative estimate of drug-likeness (QED) is 0.612. The first-order valence-electron chi connectivity index (χ1n) is 10.3. The monoisotopic (exact) mass is 332 g/mol. The van der Waals surface area contributed by atoms with Crippen LogP contribution in [0.3, 0.4) is 0 Å². The molecule has 0 aromatic heterocycles. The molecule has 7 atom stereocenters. The lowest BCUT2D eigenvalue weighted by molar-refractivity contribution is -0.173. The van der Waals surface area contributed by atoms with Gasteiger partial charge in [0.25, 0.3) is 0 Å². The van der Waals surface area contributed by atoms with Crippen LogP contribution < -0.4 is 0 Å². The molecular formula is C22H36O2. The SMILES string of the molecule is C=C(O)[C@@]1(O)CCC2C3CC[C@]4(C)CCCCC4(C)C3CCC21C. The van der Waals surface area contributed by atoms with E-state index in [1.807, 2.05) is 0 Å². The minimum atomic E-state index is -1.06. The van der Waals surface area contributed by atoms with E-state index in [9.17, 15) is 10.2 Å². The fourth-order valence-corrected chi connectivity index (χ4v) is 8.09. The van der Waals surface area contributed by atoms with Crippen LogP contribution in [0.1, 0.15) is 85.0 Å². The molecule has 4 fully saturated rings. The van der Waals surface area contributed by atoms with Crippen molar-refractivity contribution in [2.75, 3.05) is 0 Å². The minimum Gasteiger partial charge on any atom is -0.510 e. The second-order valence-corrected chi connectivity index (χ2v) is 10.4. The maximum absolute atomic E-state index is 11.2. The second-order valence-electron chi connectivity index (χ2n) is 10.4. The van der Waals surface area contributed by atoms with E-state index in [4.69, 9.17) is 0 Å². The minimum absolute atomic E-state index is 0.00970. The number of rotatable bonds is 1. The molecule has 0 aliphatic heterocycles. The normalized spacial score (nSPS) is 56.9. The molecule has 4 saturated carbocycles. The molecule has 4 rings (SSSR count). The van der Waals surface area contributed by atoms with Gasteiger partial charge < -0.3 is 10.2 Å². The summed E-state index contributed by atoms with van der Waals surface area (Å²) in [6.07, 6.45) is 12.3. The Bertz CT molecular complexity index is 556. The summed E-state index contributed by atoms with van der Waals surface area (Å²) in [7, 11) is 0. The summed E-state index contributed by atoms with van der Waals surface area (Å²) in [6, 6.07) is 0. The van der Waals surface area contributed by atoms with Crippen molar-refractivity contribution in [1.82, 2.24) is 0 Å². The smallest absolute Gasteiger partial charge is 0.126 e. The van der Waals surface area contributed by atoms with Crippen LogP contribution in [-0.2, 0) is 0 Å². The van der Waals surface area contributed by atoms with Crippen molar-refractivity contribution in [3.63, 3.8) is 0 Å². The van der Waals surface area contributed by atoms with Gasteiger partial charge in [-0.25, -0.2) is 0 Å². The third-order valence-corrected chi connectivity index (χ3v) is 9.97. The highest BCUT2D eigenvalue weighted by Gasteiger charge is 2.66. The van der Waals surface area contributed by atoms with Crippen molar-refractivity contribution in [2.45, 2.75) is 90.6 Å². The van der Waals surface area contributed by atoms with Gasteiger partial charge in [-0.2, -0.15) is 0 Å². The molecule has 0 amide bonds. The van der Waals surface area contributed by atoms with Crippen LogP contribution in [0.25, 0.3) is 0 Å². The molecule has 2 nitrogen and oxygen atoms in total. The van der Waals surface area contributed by atoms with Crippen LogP contribution in [-0.4, -0.2) is 15.8 Å². The maximum Gasteiger partial charge on any atom is 0.126 e. The second kappa shape index (κ2) is 5.02. The molecule has 4 aliphatic rings. The van der Waals surface area contributed by atoms with E-state index < -0.39 is 5.60 Å². The van der Waals surface area contributed by atoms with Crippen LogP contribution in [0.15, 0.2) is 12.3 Å². The predicted molar refractivity (Wildman–Crippen MR) is 97.7 cm³/mol. The van der Waals surface area contributed by atoms with Gasteiger partial charge >= 0.3 is 0 Å². The Balaban J connectivity index is 1.69. The van der Waals surface area contributed by atoms with Gasteiger partial charge in [0.05, 0.1) is 0 Å². The fraction of sp³-hybridized carbons (Fsp3) is 0.909. The summed E-state index contributed by atoms with van der Waals surface area (Å²) in [4.78, 5) is 0. The Labute approximate surface area is 147 Å². The zero-order valence-electron chi connectivity index (χ0n) is 15.9. The van der Waals surface area contributed by atoms with Crippen molar-refractivity contribution < 1.29 is 10.2 Å². The molecule has 0 bridgehead atoms. The molecule has 2 N–H and O–H groups in total. The molecule has 0 heterocycles. The topological polar surface area (TPSA) is 40.5 Å². The van der Waals surface area contributed by atoms with Crippen LogP contribution in [0, 0.1) is 34.0 Å². The molecule has 0 spiro atoms. The first-order valence-corrected chi connectivity index (χ1v) is 10.3. The lowest BCUT2D eigenvalue weighted by Crippen LogP contribution is -2.59. The van der Waals surface area contributed by atoms with Gasteiger partial charge in [0, 0.05) is 5.41 Å². The molecule has 0 aromatic carbocycles. The van der Waals surface area contributed by atoms with Crippen molar-refractivity contribution in [3.05, 3.63) is 12.3 Å². The van der Waals surface area contributed by atoms with Crippen molar-refractivity contribution in [2.24, 2.45) is 34.0 Å². The van der Waals surface area contributed by atoms with E-state index >= 15 is 0 Å². The number of fused-ring (bicyclic) bond motifs is 5. The largest absolute Gasteiger partial charge is 0.510 e. The van der Waals surface area contributed by atoms with Gasteiger partial charge in [-0.15, -0.1) is 0 Å². The number of aliphatic hydroxyl groups excluding tert-OH is 1. The Kier molecular flexibility index (Phi) is 3.55. The van der Waals surface area contributed by atoms with Crippen LogP contribution in [0.5, 0.6) is 0 Å². The van der Waals surface area contributed by atoms with Crippen molar-refractivity contribution in [1.29, 1.82) is 0 Å². The highest BCUT2D eigenvalue weighted by atomic mass is 16.3. The Morgan fingerprint density at radius 3 is 2.17 bits per heavy atom. The van der Waals surface area contributed by atoms with Crippen LogP contribution >= 0.6 is 0 Å². The van der Waals surface area contributed by atoms with Gasteiger partial charge in [-0.05, 0) is 80.0 Å². The van der Waals surface area contributed by atoms with Gasteiger partial charge in [-0.1, -0.05) is 40.2 Å². The van der Waals surface area contributed by atoms with Crippen LogP contribution in [0.2, 0.25) is 0 Å². The molecule has 2 heteroatoms. The summed E-state index contributed by atoms with van der Waals surface area (Å²) < 4.78 is 0. The van der Waals surface area contributed by atoms with E-state index in [1.165, 1.54) is 44.9 Å². The van der Waals surface area contributed by atoms with Gasteiger partial charge in [0.15, 0.2) is 0 Å². The predicted octanol–water partition coefficient (Wildman–Crippen LogP) is 5.61. The number of hydrogen-bond donors (Lipinski definition) is 2. The summed E-state index contributed by atoms with van der Waals surface area (Å²) >= 11 is 0. The zero-order chi connectivity index (χ0) is 17.4. The molecule has 5 unspecified atom stereocenters. The van der Waals surface area contributed by atoms with E-state index in [2.05, 4.69) is 27.4 Å². The maximum atomic E-state index is 11.2. The van der Waals surface area contributed by atoms with E-state index in [0.717, 1.165) is 24.7 Å². The Hall–Kier alpha value is -0.500. The summed E-state index contributed by atoms with van der Waals surface area (Å²) in [6.45, 7) is 11.1. The van der Waals surface area contributed by atoms with E-state index in [-0.39, 0.29) is 11.2 Å². The van der Waals surface area contributed by atoms with Crippen LogP contribution in [0.4, 0.5) is 0 Å².